The van der Waals surface area contributed by atoms with Crippen molar-refractivity contribution in [2.45, 2.75) is 19.8 Å². The lowest BCUT2D eigenvalue weighted by molar-refractivity contribution is 0.0904. The van der Waals surface area contributed by atoms with Crippen LogP contribution in [0.3, 0.4) is 0 Å². The largest absolute Gasteiger partial charge is 0.497 e. The standard InChI is InChI=1S/C20H23NO4/c1-13(2)17-11-14(8-9-19(17)25-4)18(22)12-21-20(23)15-6-5-7-16(10-15)24-3/h5-11,13H,12H2,1-4H3,(H,21,23). The quantitative estimate of drug-likeness (QED) is 0.784. The fourth-order valence-corrected chi connectivity index (χ4v) is 2.49. The van der Waals surface area contributed by atoms with E-state index in [4.69, 9.17) is 9.47 Å². The third-order valence-electron chi connectivity index (χ3n) is 3.92. The molecule has 0 atom stereocenters. The molecule has 0 aliphatic carbocycles. The lowest BCUT2D eigenvalue weighted by atomic mass is 9.98. The van der Waals surface area contributed by atoms with E-state index in [2.05, 4.69) is 5.32 Å². The number of carbonyl (C=O) groups excluding carboxylic acids is 2. The van der Waals surface area contributed by atoms with Gasteiger partial charge in [0.25, 0.3) is 5.91 Å². The molecule has 0 radical (unpaired) electrons. The lowest BCUT2D eigenvalue weighted by Crippen LogP contribution is -2.29. The minimum absolute atomic E-state index is 0.0695. The van der Waals surface area contributed by atoms with Gasteiger partial charge in [-0.05, 0) is 47.9 Å². The van der Waals surface area contributed by atoms with Gasteiger partial charge in [0.05, 0.1) is 20.8 Å². The van der Waals surface area contributed by atoms with Gasteiger partial charge in [-0.25, -0.2) is 0 Å². The molecule has 5 nitrogen and oxygen atoms in total. The van der Waals surface area contributed by atoms with Crippen LogP contribution < -0.4 is 14.8 Å². The number of amides is 1. The van der Waals surface area contributed by atoms with Crippen molar-refractivity contribution in [2.24, 2.45) is 0 Å². The van der Waals surface area contributed by atoms with Gasteiger partial charge >= 0.3 is 0 Å². The maximum absolute atomic E-state index is 12.4. The van der Waals surface area contributed by atoms with E-state index in [1.165, 1.54) is 7.11 Å². The highest BCUT2D eigenvalue weighted by atomic mass is 16.5. The number of ether oxygens (including phenoxy) is 2. The Hall–Kier alpha value is -2.82. The molecule has 0 spiro atoms. The van der Waals surface area contributed by atoms with Crippen LogP contribution in [0.4, 0.5) is 0 Å². The molecule has 25 heavy (non-hydrogen) atoms. The Morgan fingerprint density at radius 2 is 1.76 bits per heavy atom. The Kier molecular flexibility index (Phi) is 6.17. The van der Waals surface area contributed by atoms with E-state index in [0.29, 0.717) is 16.9 Å². The maximum Gasteiger partial charge on any atom is 0.251 e. The second-order valence-electron chi connectivity index (χ2n) is 5.95. The average molecular weight is 341 g/mol. The molecule has 1 amide bonds. The van der Waals surface area contributed by atoms with Crippen LogP contribution in [0.25, 0.3) is 0 Å². The summed E-state index contributed by atoms with van der Waals surface area (Å²) in [7, 11) is 3.15. The minimum Gasteiger partial charge on any atom is -0.497 e. The van der Waals surface area contributed by atoms with Crippen LogP contribution in [0.1, 0.15) is 46.0 Å². The van der Waals surface area contributed by atoms with Gasteiger partial charge in [-0.2, -0.15) is 0 Å². The Morgan fingerprint density at radius 3 is 2.40 bits per heavy atom. The van der Waals surface area contributed by atoms with Crippen molar-refractivity contribution in [1.29, 1.82) is 0 Å². The van der Waals surface area contributed by atoms with E-state index in [9.17, 15) is 9.59 Å². The molecule has 0 fully saturated rings. The number of ketones is 1. The van der Waals surface area contributed by atoms with Crippen molar-refractivity contribution in [2.75, 3.05) is 20.8 Å². The molecule has 0 bridgehead atoms. The predicted molar refractivity (Wildman–Crippen MR) is 96.7 cm³/mol. The minimum atomic E-state index is -0.315. The molecule has 0 saturated heterocycles. The number of benzene rings is 2. The van der Waals surface area contributed by atoms with Crippen LogP contribution in [0.2, 0.25) is 0 Å². The van der Waals surface area contributed by atoms with Crippen LogP contribution >= 0.6 is 0 Å². The third kappa shape index (κ3) is 4.59. The number of nitrogens with one attached hydrogen (secondary N) is 1. The molecule has 0 aliphatic heterocycles. The summed E-state index contributed by atoms with van der Waals surface area (Å²) in [5.41, 5.74) is 1.97. The number of methoxy groups -OCH3 is 2. The van der Waals surface area contributed by atoms with E-state index < -0.39 is 0 Å². The van der Waals surface area contributed by atoms with Gasteiger partial charge in [-0.15, -0.1) is 0 Å². The van der Waals surface area contributed by atoms with Crippen LogP contribution in [0.5, 0.6) is 11.5 Å². The molecule has 0 heterocycles. The van der Waals surface area contributed by atoms with Gasteiger partial charge in [0.15, 0.2) is 5.78 Å². The third-order valence-corrected chi connectivity index (χ3v) is 3.92. The van der Waals surface area contributed by atoms with Crippen molar-refractivity contribution >= 4 is 11.7 Å². The smallest absolute Gasteiger partial charge is 0.251 e. The Bertz CT molecular complexity index is 768. The summed E-state index contributed by atoms with van der Waals surface area (Å²) in [5, 5.41) is 2.65. The first-order valence-electron chi connectivity index (χ1n) is 8.09. The summed E-state index contributed by atoms with van der Waals surface area (Å²) in [6.45, 7) is 4.01. The maximum atomic E-state index is 12.4. The first kappa shape index (κ1) is 18.5. The summed E-state index contributed by atoms with van der Waals surface area (Å²) in [4.78, 5) is 24.6. The first-order chi connectivity index (χ1) is 12.0. The topological polar surface area (TPSA) is 64.6 Å². The zero-order valence-electron chi connectivity index (χ0n) is 15.0. The number of carbonyl (C=O) groups is 2. The van der Waals surface area contributed by atoms with Gasteiger partial charge in [0, 0.05) is 11.1 Å². The van der Waals surface area contributed by atoms with Crippen LogP contribution in [-0.4, -0.2) is 32.5 Å². The van der Waals surface area contributed by atoms with Gasteiger partial charge in [-0.3, -0.25) is 9.59 Å². The van der Waals surface area contributed by atoms with Gasteiger partial charge in [0.1, 0.15) is 11.5 Å². The van der Waals surface area contributed by atoms with E-state index in [0.717, 1.165) is 11.3 Å². The Balaban J connectivity index is 2.07. The highest BCUT2D eigenvalue weighted by molar-refractivity contribution is 6.02. The van der Waals surface area contributed by atoms with Gasteiger partial charge in [-0.1, -0.05) is 19.9 Å². The second-order valence-corrected chi connectivity index (χ2v) is 5.95. The summed E-state index contributed by atoms with van der Waals surface area (Å²) in [5.74, 6) is 1.11. The van der Waals surface area contributed by atoms with Crippen molar-refractivity contribution in [3.63, 3.8) is 0 Å². The molecular weight excluding hydrogens is 318 g/mol. The lowest BCUT2D eigenvalue weighted by Gasteiger charge is -2.13. The second kappa shape index (κ2) is 8.33. The summed E-state index contributed by atoms with van der Waals surface area (Å²) >= 11 is 0. The van der Waals surface area contributed by atoms with Crippen LogP contribution in [0, 0.1) is 0 Å². The zero-order chi connectivity index (χ0) is 18.4. The van der Waals surface area contributed by atoms with Crippen LogP contribution in [-0.2, 0) is 0 Å². The Morgan fingerprint density at radius 1 is 1.00 bits per heavy atom. The van der Waals surface area contributed by atoms with Gasteiger partial charge < -0.3 is 14.8 Å². The first-order valence-corrected chi connectivity index (χ1v) is 8.09. The molecule has 2 aromatic carbocycles. The number of Topliss-reactive ketones (excluding diaryl/α,β-unsaturated/α-hetero) is 1. The average Bonchev–Trinajstić information content (AvgIpc) is 2.65. The van der Waals surface area contributed by atoms with E-state index in [1.54, 1.807) is 43.5 Å². The molecule has 2 rings (SSSR count). The van der Waals surface area contributed by atoms with Crippen molar-refractivity contribution in [1.82, 2.24) is 5.32 Å². The monoisotopic (exact) mass is 341 g/mol. The molecule has 0 saturated carbocycles. The fraction of sp³-hybridized carbons (Fsp3) is 0.300. The molecule has 132 valence electrons. The highest BCUT2D eigenvalue weighted by Gasteiger charge is 2.14. The number of hydrogen-bond donors (Lipinski definition) is 1. The summed E-state index contributed by atoms with van der Waals surface area (Å²) in [6.07, 6.45) is 0. The van der Waals surface area contributed by atoms with Gasteiger partial charge in [0.2, 0.25) is 0 Å². The molecule has 0 aromatic heterocycles. The highest BCUT2D eigenvalue weighted by Crippen LogP contribution is 2.27. The predicted octanol–water partition coefficient (Wildman–Crippen LogP) is 3.44. The molecule has 1 N–H and O–H groups in total. The van der Waals surface area contributed by atoms with Crippen molar-refractivity contribution in [3.05, 3.63) is 59.2 Å². The summed E-state index contributed by atoms with van der Waals surface area (Å²) in [6, 6.07) is 12.1. The normalized spacial score (nSPS) is 10.4. The SMILES string of the molecule is COc1cccc(C(=O)NCC(=O)c2ccc(OC)c(C(C)C)c2)c1. The zero-order valence-corrected chi connectivity index (χ0v) is 15.0. The fourth-order valence-electron chi connectivity index (χ4n) is 2.49. The molecule has 0 unspecified atom stereocenters. The van der Waals surface area contributed by atoms with Crippen LogP contribution in [0.15, 0.2) is 42.5 Å². The van der Waals surface area contributed by atoms with Crippen molar-refractivity contribution < 1.29 is 19.1 Å². The Labute approximate surface area is 148 Å². The molecular formula is C20H23NO4. The number of hydrogen-bond acceptors (Lipinski definition) is 4. The van der Waals surface area contributed by atoms with E-state index >= 15 is 0 Å². The summed E-state index contributed by atoms with van der Waals surface area (Å²) < 4.78 is 10.4. The molecule has 0 aliphatic rings. The van der Waals surface area contributed by atoms with E-state index in [-0.39, 0.29) is 24.2 Å². The number of rotatable bonds is 7. The molecule has 5 heteroatoms. The van der Waals surface area contributed by atoms with Crippen molar-refractivity contribution in [3.8, 4) is 11.5 Å². The van der Waals surface area contributed by atoms with E-state index in [1.807, 2.05) is 19.9 Å². The molecule has 2 aromatic rings.